The van der Waals surface area contributed by atoms with Crippen LogP contribution in [0.25, 0.3) is 0 Å². The van der Waals surface area contributed by atoms with E-state index in [0.717, 1.165) is 19.1 Å². The number of aliphatic hydroxyl groups excluding tert-OH is 1. The quantitative estimate of drug-likeness (QED) is 0.473. The molecule has 0 saturated heterocycles. The lowest BCUT2D eigenvalue weighted by Crippen LogP contribution is -2.27. The molecule has 0 rings (SSSR count). The van der Waals surface area contributed by atoms with E-state index >= 15 is 0 Å². The molecular weight excluding hydrogens is 188 g/mol. The fourth-order valence-corrected chi connectivity index (χ4v) is 1.80. The molecule has 0 saturated carbocycles. The highest BCUT2D eigenvalue weighted by atomic mass is 16.3. The Labute approximate surface area is 94.1 Å². The number of hydrogen-bond acceptors (Lipinski definition) is 2. The smallest absolute Gasteiger partial charge is 0.125 e. The van der Waals surface area contributed by atoms with Crippen LogP contribution in [0.3, 0.4) is 0 Å². The Morgan fingerprint density at radius 2 is 1.73 bits per heavy atom. The van der Waals surface area contributed by atoms with Gasteiger partial charge in [0.15, 0.2) is 0 Å². The molecule has 0 unspecified atom stereocenters. The lowest BCUT2D eigenvalue weighted by Gasteiger charge is -2.20. The minimum absolute atomic E-state index is 0.161. The molecule has 0 bridgehead atoms. The number of unbranched alkanes of at least 4 members (excludes halogenated alkanes) is 4. The van der Waals surface area contributed by atoms with Crippen molar-refractivity contribution in [2.24, 2.45) is 11.8 Å². The molecule has 0 aliphatic carbocycles. The van der Waals surface area contributed by atoms with Crippen molar-refractivity contribution in [3.63, 3.8) is 0 Å². The fourth-order valence-electron chi connectivity index (χ4n) is 1.80. The molecule has 0 aromatic rings. The van der Waals surface area contributed by atoms with Gasteiger partial charge in [-0.15, -0.1) is 0 Å². The standard InChI is InChI=1S/C13H26O2/c1-4-5-6-7-8-9-12(10-14)13(15)11(2)3/h10-13,15H,4-9H2,1-3H3/t12-,13+/m1/s1. The highest BCUT2D eigenvalue weighted by Crippen LogP contribution is 2.18. The first-order chi connectivity index (χ1) is 7.13. The summed E-state index contributed by atoms with van der Waals surface area (Å²) < 4.78 is 0. The number of rotatable bonds is 9. The second-order valence-electron chi connectivity index (χ2n) is 4.74. The van der Waals surface area contributed by atoms with Crippen molar-refractivity contribution in [2.75, 3.05) is 0 Å². The van der Waals surface area contributed by atoms with Crippen molar-refractivity contribution in [1.82, 2.24) is 0 Å². The molecule has 0 spiro atoms. The first-order valence-electron chi connectivity index (χ1n) is 6.26. The molecule has 0 fully saturated rings. The number of carbonyl (C=O) groups is 1. The first-order valence-corrected chi connectivity index (χ1v) is 6.26. The molecule has 0 aromatic carbocycles. The third-order valence-electron chi connectivity index (χ3n) is 2.94. The monoisotopic (exact) mass is 214 g/mol. The van der Waals surface area contributed by atoms with Gasteiger partial charge in [0, 0.05) is 5.92 Å². The van der Waals surface area contributed by atoms with Crippen LogP contribution in [-0.2, 0) is 4.79 Å². The average Bonchev–Trinajstić information content (AvgIpc) is 2.22. The second-order valence-corrected chi connectivity index (χ2v) is 4.74. The molecule has 90 valence electrons. The van der Waals surface area contributed by atoms with Crippen LogP contribution in [0.1, 0.15) is 59.3 Å². The van der Waals surface area contributed by atoms with E-state index in [2.05, 4.69) is 6.92 Å². The zero-order valence-corrected chi connectivity index (χ0v) is 10.4. The van der Waals surface area contributed by atoms with Crippen LogP contribution in [0, 0.1) is 11.8 Å². The van der Waals surface area contributed by atoms with Crippen LogP contribution >= 0.6 is 0 Å². The SMILES string of the molecule is CCCCCCC[C@H](C=O)[C@@H](O)C(C)C. The van der Waals surface area contributed by atoms with Gasteiger partial charge in [0.05, 0.1) is 6.10 Å². The van der Waals surface area contributed by atoms with Gasteiger partial charge in [-0.1, -0.05) is 52.9 Å². The van der Waals surface area contributed by atoms with Gasteiger partial charge in [-0.25, -0.2) is 0 Å². The zero-order valence-electron chi connectivity index (χ0n) is 10.4. The van der Waals surface area contributed by atoms with Gasteiger partial charge in [0.2, 0.25) is 0 Å². The van der Waals surface area contributed by atoms with Crippen molar-refractivity contribution < 1.29 is 9.90 Å². The van der Waals surface area contributed by atoms with E-state index in [4.69, 9.17) is 0 Å². The molecule has 2 heteroatoms. The summed E-state index contributed by atoms with van der Waals surface area (Å²) in [5.41, 5.74) is 0. The van der Waals surface area contributed by atoms with Gasteiger partial charge in [0.1, 0.15) is 6.29 Å². The van der Waals surface area contributed by atoms with Gasteiger partial charge in [0.25, 0.3) is 0 Å². The largest absolute Gasteiger partial charge is 0.392 e. The minimum atomic E-state index is -0.464. The Kier molecular flexibility index (Phi) is 8.68. The Morgan fingerprint density at radius 3 is 2.20 bits per heavy atom. The van der Waals surface area contributed by atoms with E-state index < -0.39 is 6.10 Å². The van der Waals surface area contributed by atoms with Crippen LogP contribution in [0.4, 0.5) is 0 Å². The Hall–Kier alpha value is -0.370. The van der Waals surface area contributed by atoms with Gasteiger partial charge in [-0.3, -0.25) is 0 Å². The maximum atomic E-state index is 10.8. The summed E-state index contributed by atoms with van der Waals surface area (Å²) in [7, 11) is 0. The van der Waals surface area contributed by atoms with Crippen LogP contribution in [0.2, 0.25) is 0 Å². The Morgan fingerprint density at radius 1 is 1.13 bits per heavy atom. The van der Waals surface area contributed by atoms with E-state index in [0.29, 0.717) is 0 Å². The zero-order chi connectivity index (χ0) is 11.7. The average molecular weight is 214 g/mol. The van der Waals surface area contributed by atoms with Crippen molar-refractivity contribution in [3.8, 4) is 0 Å². The van der Waals surface area contributed by atoms with Crippen molar-refractivity contribution in [2.45, 2.75) is 65.4 Å². The molecule has 0 aromatic heterocycles. The fraction of sp³-hybridized carbons (Fsp3) is 0.923. The molecule has 2 nitrogen and oxygen atoms in total. The van der Waals surface area contributed by atoms with Crippen molar-refractivity contribution in [1.29, 1.82) is 0 Å². The minimum Gasteiger partial charge on any atom is -0.392 e. The maximum absolute atomic E-state index is 10.8. The summed E-state index contributed by atoms with van der Waals surface area (Å²) >= 11 is 0. The van der Waals surface area contributed by atoms with Gasteiger partial charge in [-0.05, 0) is 12.3 Å². The van der Waals surface area contributed by atoms with Crippen molar-refractivity contribution in [3.05, 3.63) is 0 Å². The lowest BCUT2D eigenvalue weighted by molar-refractivity contribution is -0.115. The number of aliphatic hydroxyl groups is 1. The predicted octanol–water partition coefficient (Wildman–Crippen LogP) is 3.18. The molecule has 0 aliphatic rings. The van der Waals surface area contributed by atoms with E-state index in [1.807, 2.05) is 13.8 Å². The van der Waals surface area contributed by atoms with Crippen LogP contribution in [-0.4, -0.2) is 17.5 Å². The molecule has 2 atom stereocenters. The van der Waals surface area contributed by atoms with Gasteiger partial charge >= 0.3 is 0 Å². The maximum Gasteiger partial charge on any atom is 0.125 e. The Bertz CT molecular complexity index is 155. The molecule has 0 aliphatic heterocycles. The lowest BCUT2D eigenvalue weighted by atomic mass is 9.90. The van der Waals surface area contributed by atoms with E-state index in [1.165, 1.54) is 25.7 Å². The Balaban J connectivity index is 3.66. The van der Waals surface area contributed by atoms with Crippen LogP contribution in [0.5, 0.6) is 0 Å². The molecule has 0 heterocycles. The van der Waals surface area contributed by atoms with Gasteiger partial charge < -0.3 is 9.90 Å². The third-order valence-corrected chi connectivity index (χ3v) is 2.94. The molecule has 0 amide bonds. The molecule has 0 radical (unpaired) electrons. The highest BCUT2D eigenvalue weighted by molar-refractivity contribution is 5.54. The van der Waals surface area contributed by atoms with Crippen LogP contribution in [0.15, 0.2) is 0 Å². The van der Waals surface area contributed by atoms with Crippen LogP contribution < -0.4 is 0 Å². The first kappa shape index (κ1) is 14.6. The molecule has 15 heavy (non-hydrogen) atoms. The summed E-state index contributed by atoms with van der Waals surface area (Å²) in [6, 6.07) is 0. The van der Waals surface area contributed by atoms with E-state index in [9.17, 15) is 9.90 Å². The molecular formula is C13H26O2. The normalized spacial score (nSPS) is 15.3. The highest BCUT2D eigenvalue weighted by Gasteiger charge is 2.20. The van der Waals surface area contributed by atoms with E-state index in [-0.39, 0.29) is 11.8 Å². The summed E-state index contributed by atoms with van der Waals surface area (Å²) in [5, 5.41) is 9.76. The van der Waals surface area contributed by atoms with Crippen molar-refractivity contribution >= 4 is 6.29 Å². The third kappa shape index (κ3) is 6.67. The number of hydrogen-bond donors (Lipinski definition) is 1. The summed E-state index contributed by atoms with van der Waals surface area (Å²) in [6.07, 6.45) is 7.31. The number of aldehydes is 1. The topological polar surface area (TPSA) is 37.3 Å². The number of carbonyl (C=O) groups excluding carboxylic acids is 1. The van der Waals surface area contributed by atoms with Gasteiger partial charge in [-0.2, -0.15) is 0 Å². The summed E-state index contributed by atoms with van der Waals surface area (Å²) in [6.45, 7) is 6.10. The summed E-state index contributed by atoms with van der Waals surface area (Å²) in [5.74, 6) is 0.0162. The second kappa shape index (κ2) is 8.90. The molecule has 1 N–H and O–H groups in total. The van der Waals surface area contributed by atoms with E-state index in [1.54, 1.807) is 0 Å². The summed E-state index contributed by atoms with van der Waals surface area (Å²) in [4.78, 5) is 10.8. The predicted molar refractivity (Wildman–Crippen MR) is 63.8 cm³/mol.